The second-order valence-corrected chi connectivity index (χ2v) is 7.77. The van der Waals surface area contributed by atoms with Gasteiger partial charge in [0.05, 0.1) is 10.5 Å². The van der Waals surface area contributed by atoms with Crippen molar-refractivity contribution in [2.45, 2.75) is 24.2 Å². The van der Waals surface area contributed by atoms with Gasteiger partial charge in [-0.1, -0.05) is 12.5 Å². The average molecular weight is 363 g/mol. The zero-order chi connectivity index (χ0) is 17.9. The summed E-state index contributed by atoms with van der Waals surface area (Å²) in [4.78, 5) is 12.2. The minimum Gasteiger partial charge on any atom is -0.423 e. The number of piperidine rings is 1. The Bertz CT molecular complexity index is 859. The molecule has 1 saturated heterocycles. The van der Waals surface area contributed by atoms with E-state index in [2.05, 4.69) is 0 Å². The zero-order valence-electron chi connectivity index (χ0n) is 13.5. The highest BCUT2D eigenvalue weighted by Crippen LogP contribution is 2.21. The van der Waals surface area contributed by atoms with Gasteiger partial charge in [-0.25, -0.2) is 17.6 Å². The molecule has 0 radical (unpaired) electrons. The number of hydrogen-bond donors (Lipinski definition) is 0. The second-order valence-electron chi connectivity index (χ2n) is 5.84. The standard InChI is InChI=1S/C18H18FNO4S/c19-15-5-4-6-16(13-15)24-18(21)14-7-9-17(10-8-14)25(22,23)20-11-2-1-3-12-20/h4-10,13H,1-3,11-12H2. The molecule has 25 heavy (non-hydrogen) atoms. The highest BCUT2D eigenvalue weighted by Gasteiger charge is 2.26. The molecule has 0 aliphatic carbocycles. The van der Waals surface area contributed by atoms with Crippen LogP contribution in [0, 0.1) is 5.82 Å². The SMILES string of the molecule is O=C(Oc1cccc(F)c1)c1ccc(S(=O)(=O)N2CCCCC2)cc1. The molecule has 0 spiro atoms. The van der Waals surface area contributed by atoms with Gasteiger partial charge in [-0.2, -0.15) is 4.31 Å². The second kappa shape index (κ2) is 7.33. The predicted molar refractivity (Wildman–Crippen MR) is 90.4 cm³/mol. The van der Waals surface area contributed by atoms with Crippen LogP contribution in [0.4, 0.5) is 4.39 Å². The molecular formula is C18H18FNO4S. The number of carbonyl (C=O) groups is 1. The highest BCUT2D eigenvalue weighted by molar-refractivity contribution is 7.89. The summed E-state index contributed by atoms with van der Waals surface area (Å²) in [5.41, 5.74) is 0.196. The molecule has 0 saturated carbocycles. The van der Waals surface area contributed by atoms with Gasteiger partial charge in [-0.3, -0.25) is 0 Å². The normalized spacial score (nSPS) is 15.7. The van der Waals surface area contributed by atoms with Gasteiger partial charge in [0.15, 0.2) is 0 Å². The van der Waals surface area contributed by atoms with Crippen LogP contribution in [0.5, 0.6) is 5.75 Å². The van der Waals surface area contributed by atoms with Gasteiger partial charge in [0.1, 0.15) is 11.6 Å². The maximum atomic E-state index is 13.1. The van der Waals surface area contributed by atoms with E-state index in [1.54, 1.807) is 0 Å². The Balaban J connectivity index is 1.74. The van der Waals surface area contributed by atoms with E-state index in [1.807, 2.05) is 0 Å². The van der Waals surface area contributed by atoms with E-state index in [1.165, 1.54) is 46.8 Å². The molecule has 0 N–H and O–H groups in total. The number of ether oxygens (including phenoxy) is 1. The number of hydrogen-bond acceptors (Lipinski definition) is 4. The Kier molecular flexibility index (Phi) is 5.15. The third kappa shape index (κ3) is 4.05. The highest BCUT2D eigenvalue weighted by atomic mass is 32.2. The van der Waals surface area contributed by atoms with Crippen LogP contribution in [0.1, 0.15) is 29.6 Å². The molecule has 0 amide bonds. The number of halogens is 1. The Morgan fingerprint density at radius 2 is 1.68 bits per heavy atom. The molecule has 0 unspecified atom stereocenters. The molecule has 0 aromatic heterocycles. The molecule has 1 fully saturated rings. The maximum Gasteiger partial charge on any atom is 0.343 e. The van der Waals surface area contributed by atoms with E-state index in [9.17, 15) is 17.6 Å². The summed E-state index contributed by atoms with van der Waals surface area (Å²) < 4.78 is 44.8. The van der Waals surface area contributed by atoms with Gasteiger partial charge in [0.25, 0.3) is 0 Å². The molecule has 0 bridgehead atoms. The topological polar surface area (TPSA) is 63.7 Å². The van der Waals surface area contributed by atoms with Crippen LogP contribution in [0.25, 0.3) is 0 Å². The Morgan fingerprint density at radius 3 is 2.32 bits per heavy atom. The maximum absolute atomic E-state index is 13.1. The van der Waals surface area contributed by atoms with E-state index in [0.717, 1.165) is 25.3 Å². The van der Waals surface area contributed by atoms with Crippen LogP contribution in [-0.2, 0) is 10.0 Å². The summed E-state index contributed by atoms with van der Waals surface area (Å²) in [7, 11) is -3.54. The van der Waals surface area contributed by atoms with Crippen molar-refractivity contribution in [2.24, 2.45) is 0 Å². The summed E-state index contributed by atoms with van der Waals surface area (Å²) in [6.45, 7) is 1.04. The van der Waals surface area contributed by atoms with Crippen molar-refractivity contribution in [3.05, 3.63) is 59.9 Å². The first-order valence-corrected chi connectivity index (χ1v) is 9.49. The van der Waals surface area contributed by atoms with Crippen molar-refractivity contribution in [3.8, 4) is 5.75 Å². The minimum atomic E-state index is -3.54. The van der Waals surface area contributed by atoms with E-state index in [4.69, 9.17) is 4.74 Å². The van der Waals surface area contributed by atoms with E-state index in [-0.39, 0.29) is 16.2 Å². The van der Waals surface area contributed by atoms with Crippen LogP contribution in [0.15, 0.2) is 53.4 Å². The molecule has 1 aliphatic rings. The van der Waals surface area contributed by atoms with Crippen LogP contribution in [0.3, 0.4) is 0 Å². The Hall–Kier alpha value is -2.25. The van der Waals surface area contributed by atoms with Crippen molar-refractivity contribution in [3.63, 3.8) is 0 Å². The molecule has 1 aliphatic heterocycles. The molecule has 5 nitrogen and oxygen atoms in total. The third-order valence-corrected chi connectivity index (χ3v) is 5.96. The van der Waals surface area contributed by atoms with Crippen LogP contribution in [-0.4, -0.2) is 31.8 Å². The van der Waals surface area contributed by atoms with Gasteiger partial charge in [-0.15, -0.1) is 0 Å². The number of nitrogens with zero attached hydrogens (tertiary/aromatic N) is 1. The van der Waals surface area contributed by atoms with Crippen LogP contribution >= 0.6 is 0 Å². The largest absolute Gasteiger partial charge is 0.423 e. The first-order valence-electron chi connectivity index (χ1n) is 8.05. The molecule has 1 heterocycles. The fourth-order valence-electron chi connectivity index (χ4n) is 2.71. The number of benzene rings is 2. The molecule has 7 heteroatoms. The lowest BCUT2D eigenvalue weighted by molar-refractivity contribution is 0.0734. The lowest BCUT2D eigenvalue weighted by Crippen LogP contribution is -2.35. The quantitative estimate of drug-likeness (QED) is 0.618. The Morgan fingerprint density at radius 1 is 1.00 bits per heavy atom. The van der Waals surface area contributed by atoms with Crippen LogP contribution < -0.4 is 4.74 Å². The van der Waals surface area contributed by atoms with Crippen molar-refractivity contribution in [1.29, 1.82) is 0 Å². The molecule has 2 aromatic rings. The Labute approximate surface area is 146 Å². The summed E-state index contributed by atoms with van der Waals surface area (Å²) in [6, 6.07) is 10.8. The van der Waals surface area contributed by atoms with E-state index in [0.29, 0.717) is 13.1 Å². The molecule has 132 valence electrons. The monoisotopic (exact) mass is 363 g/mol. The van der Waals surface area contributed by atoms with Crippen molar-refractivity contribution in [2.75, 3.05) is 13.1 Å². The fraction of sp³-hybridized carbons (Fsp3) is 0.278. The lowest BCUT2D eigenvalue weighted by Gasteiger charge is -2.25. The van der Waals surface area contributed by atoms with E-state index < -0.39 is 21.8 Å². The minimum absolute atomic E-state index is 0.0926. The average Bonchev–Trinajstić information content (AvgIpc) is 2.62. The number of rotatable bonds is 4. The van der Waals surface area contributed by atoms with Crippen molar-refractivity contribution >= 4 is 16.0 Å². The summed E-state index contributed by atoms with van der Waals surface area (Å²) in [5.74, 6) is -1.09. The van der Waals surface area contributed by atoms with Gasteiger partial charge in [0.2, 0.25) is 10.0 Å². The first-order chi connectivity index (χ1) is 12.0. The lowest BCUT2D eigenvalue weighted by atomic mass is 10.2. The number of carbonyl (C=O) groups excluding carboxylic acids is 1. The van der Waals surface area contributed by atoms with E-state index >= 15 is 0 Å². The van der Waals surface area contributed by atoms with Gasteiger partial charge in [0, 0.05) is 19.2 Å². The molecule has 0 atom stereocenters. The third-order valence-electron chi connectivity index (χ3n) is 4.05. The van der Waals surface area contributed by atoms with Gasteiger partial charge < -0.3 is 4.74 Å². The summed E-state index contributed by atoms with van der Waals surface area (Å²) >= 11 is 0. The summed E-state index contributed by atoms with van der Waals surface area (Å²) in [6.07, 6.45) is 2.76. The molecular weight excluding hydrogens is 345 g/mol. The van der Waals surface area contributed by atoms with Crippen molar-refractivity contribution in [1.82, 2.24) is 4.31 Å². The zero-order valence-corrected chi connectivity index (χ0v) is 14.3. The number of sulfonamides is 1. The van der Waals surface area contributed by atoms with Gasteiger partial charge >= 0.3 is 5.97 Å². The molecule has 3 rings (SSSR count). The number of esters is 1. The van der Waals surface area contributed by atoms with Crippen LogP contribution in [0.2, 0.25) is 0 Å². The first kappa shape index (κ1) is 17.6. The molecule has 2 aromatic carbocycles. The van der Waals surface area contributed by atoms with Gasteiger partial charge in [-0.05, 0) is 49.2 Å². The predicted octanol–water partition coefficient (Wildman–Crippen LogP) is 3.22. The van der Waals surface area contributed by atoms with Crippen molar-refractivity contribution < 1.29 is 22.3 Å². The smallest absolute Gasteiger partial charge is 0.343 e. The summed E-state index contributed by atoms with van der Waals surface area (Å²) in [5, 5.41) is 0. The fourth-order valence-corrected chi connectivity index (χ4v) is 4.23.